The molecule has 0 saturated carbocycles. The fourth-order valence-corrected chi connectivity index (χ4v) is 1.77. The van der Waals surface area contributed by atoms with Crippen molar-refractivity contribution in [3.63, 3.8) is 0 Å². The van der Waals surface area contributed by atoms with Crippen LogP contribution in [0.1, 0.15) is 38.7 Å². The van der Waals surface area contributed by atoms with Crippen molar-refractivity contribution < 1.29 is 4.79 Å². The monoisotopic (exact) mass is 271 g/mol. The number of carbonyl (C=O) groups is 1. The molecule has 2 N–H and O–H groups in total. The number of amides is 1. The molecule has 1 amide bonds. The van der Waals surface area contributed by atoms with Crippen LogP contribution in [0.15, 0.2) is 36.0 Å². The molecule has 0 aliphatic rings. The Kier molecular flexibility index (Phi) is 6.31. The highest BCUT2D eigenvalue weighted by Gasteiger charge is 2.12. The van der Waals surface area contributed by atoms with E-state index in [0.29, 0.717) is 5.92 Å². The molecule has 1 rings (SSSR count). The van der Waals surface area contributed by atoms with Gasteiger partial charge in [0, 0.05) is 18.4 Å². The maximum absolute atomic E-state index is 12.1. The number of benzene rings is 1. The van der Waals surface area contributed by atoms with Crippen molar-refractivity contribution in [2.45, 2.75) is 33.1 Å². The van der Waals surface area contributed by atoms with Gasteiger partial charge in [-0.15, -0.1) is 0 Å². The van der Waals surface area contributed by atoms with E-state index in [1.807, 2.05) is 37.3 Å². The summed E-state index contributed by atoms with van der Waals surface area (Å²) in [5.41, 5.74) is 1.89. The second kappa shape index (κ2) is 8.00. The Morgan fingerprint density at radius 3 is 2.70 bits per heavy atom. The van der Waals surface area contributed by atoms with Crippen molar-refractivity contribution in [2.24, 2.45) is 0 Å². The van der Waals surface area contributed by atoms with Gasteiger partial charge in [-0.05, 0) is 24.0 Å². The summed E-state index contributed by atoms with van der Waals surface area (Å²) in [7, 11) is 0. The summed E-state index contributed by atoms with van der Waals surface area (Å²) in [6.45, 7) is 6.89. The van der Waals surface area contributed by atoms with Crippen molar-refractivity contribution in [3.05, 3.63) is 41.6 Å². The first-order valence-electron chi connectivity index (χ1n) is 6.84. The number of anilines is 1. The van der Waals surface area contributed by atoms with Crippen LogP contribution in [-0.2, 0) is 4.79 Å². The van der Waals surface area contributed by atoms with E-state index in [1.165, 1.54) is 6.20 Å². The molecule has 0 spiro atoms. The van der Waals surface area contributed by atoms with Gasteiger partial charge in [0.25, 0.3) is 5.91 Å². The van der Waals surface area contributed by atoms with Crippen LogP contribution in [-0.4, -0.2) is 12.5 Å². The second-order valence-corrected chi connectivity index (χ2v) is 4.82. The minimum Gasteiger partial charge on any atom is -0.390 e. The van der Waals surface area contributed by atoms with E-state index in [2.05, 4.69) is 24.5 Å². The van der Waals surface area contributed by atoms with E-state index in [0.717, 1.165) is 24.2 Å². The molecular weight excluding hydrogens is 250 g/mol. The zero-order chi connectivity index (χ0) is 15.0. The first kappa shape index (κ1) is 15.8. The third kappa shape index (κ3) is 4.43. The molecule has 106 valence electrons. The Labute approximate surface area is 120 Å². The van der Waals surface area contributed by atoms with E-state index in [1.54, 1.807) is 0 Å². The van der Waals surface area contributed by atoms with Crippen LogP contribution >= 0.6 is 0 Å². The first-order valence-corrected chi connectivity index (χ1v) is 6.84. The third-order valence-corrected chi connectivity index (χ3v) is 2.84. The van der Waals surface area contributed by atoms with Crippen LogP contribution in [0.25, 0.3) is 0 Å². The zero-order valence-corrected chi connectivity index (χ0v) is 12.2. The average molecular weight is 271 g/mol. The van der Waals surface area contributed by atoms with Crippen molar-refractivity contribution in [3.8, 4) is 6.07 Å². The van der Waals surface area contributed by atoms with Crippen LogP contribution < -0.4 is 10.6 Å². The Hall–Kier alpha value is -2.28. The van der Waals surface area contributed by atoms with Gasteiger partial charge in [-0.1, -0.05) is 39.0 Å². The molecule has 4 nitrogen and oxygen atoms in total. The van der Waals surface area contributed by atoms with Crippen molar-refractivity contribution in [1.82, 2.24) is 5.32 Å². The quantitative estimate of drug-likeness (QED) is 0.474. The Bertz CT molecular complexity index is 527. The lowest BCUT2D eigenvalue weighted by Gasteiger charge is -2.13. The standard InChI is InChI=1S/C16H21N3O/c1-4-9-18-11-13(10-17)16(20)19-15-8-6-5-7-14(15)12(2)3/h5-8,11-12,18H,4,9H2,1-3H3,(H,19,20)/b13-11-. The van der Waals surface area contributed by atoms with Gasteiger partial charge in [0.05, 0.1) is 0 Å². The van der Waals surface area contributed by atoms with Crippen LogP contribution in [0.2, 0.25) is 0 Å². The number of rotatable bonds is 6. The molecule has 0 atom stereocenters. The molecule has 0 aliphatic carbocycles. The Balaban J connectivity index is 2.85. The maximum atomic E-state index is 12.1. The molecular formula is C16H21N3O. The molecule has 0 radical (unpaired) electrons. The highest BCUT2D eigenvalue weighted by Crippen LogP contribution is 2.23. The van der Waals surface area contributed by atoms with Gasteiger partial charge >= 0.3 is 0 Å². The Morgan fingerprint density at radius 2 is 2.10 bits per heavy atom. The Morgan fingerprint density at radius 1 is 1.40 bits per heavy atom. The lowest BCUT2D eigenvalue weighted by Crippen LogP contribution is -2.18. The molecule has 4 heteroatoms. The normalized spacial score (nSPS) is 11.1. The molecule has 1 aromatic carbocycles. The molecule has 0 fully saturated rings. The highest BCUT2D eigenvalue weighted by atomic mass is 16.1. The van der Waals surface area contributed by atoms with Gasteiger partial charge in [0.2, 0.25) is 0 Å². The highest BCUT2D eigenvalue weighted by molar-refractivity contribution is 6.06. The summed E-state index contributed by atoms with van der Waals surface area (Å²) in [6.07, 6.45) is 2.41. The van der Waals surface area contributed by atoms with Gasteiger partial charge in [0.15, 0.2) is 0 Å². The summed E-state index contributed by atoms with van der Waals surface area (Å²) in [5, 5.41) is 14.8. The number of hydrogen-bond acceptors (Lipinski definition) is 3. The summed E-state index contributed by atoms with van der Waals surface area (Å²) in [4.78, 5) is 12.1. The van der Waals surface area contributed by atoms with Crippen LogP contribution in [0, 0.1) is 11.3 Å². The first-order chi connectivity index (χ1) is 9.60. The second-order valence-electron chi connectivity index (χ2n) is 4.82. The summed E-state index contributed by atoms with van der Waals surface area (Å²) in [5.74, 6) is -0.0802. The summed E-state index contributed by atoms with van der Waals surface area (Å²) in [6, 6.07) is 9.55. The number of para-hydroxylation sites is 1. The number of nitrogens with zero attached hydrogens (tertiary/aromatic N) is 1. The number of carbonyl (C=O) groups excluding carboxylic acids is 1. The predicted molar refractivity (Wildman–Crippen MR) is 81.2 cm³/mol. The topological polar surface area (TPSA) is 64.9 Å². The van der Waals surface area contributed by atoms with Gasteiger partial charge in [-0.25, -0.2) is 0 Å². The van der Waals surface area contributed by atoms with E-state index >= 15 is 0 Å². The van der Waals surface area contributed by atoms with Crippen LogP contribution in [0.5, 0.6) is 0 Å². The van der Waals surface area contributed by atoms with Gasteiger partial charge in [0.1, 0.15) is 11.6 Å². The van der Waals surface area contributed by atoms with E-state index in [-0.39, 0.29) is 11.5 Å². The lowest BCUT2D eigenvalue weighted by atomic mass is 10.0. The molecule has 0 heterocycles. The molecule has 0 bridgehead atoms. The van der Waals surface area contributed by atoms with Crippen molar-refractivity contribution in [1.29, 1.82) is 5.26 Å². The molecule has 0 aliphatic heterocycles. The van der Waals surface area contributed by atoms with Gasteiger partial charge in [-0.3, -0.25) is 4.79 Å². The lowest BCUT2D eigenvalue weighted by molar-refractivity contribution is -0.112. The van der Waals surface area contributed by atoms with Crippen molar-refractivity contribution >= 4 is 11.6 Å². The van der Waals surface area contributed by atoms with Gasteiger partial charge in [-0.2, -0.15) is 5.26 Å². The number of nitrogens with one attached hydrogen (secondary N) is 2. The molecule has 0 unspecified atom stereocenters. The molecule has 0 saturated heterocycles. The van der Waals surface area contributed by atoms with E-state index in [4.69, 9.17) is 5.26 Å². The van der Waals surface area contributed by atoms with Gasteiger partial charge < -0.3 is 10.6 Å². The number of nitriles is 1. The van der Waals surface area contributed by atoms with E-state index < -0.39 is 0 Å². The van der Waals surface area contributed by atoms with E-state index in [9.17, 15) is 4.79 Å². The fraction of sp³-hybridized carbons (Fsp3) is 0.375. The molecule has 20 heavy (non-hydrogen) atoms. The number of hydrogen-bond donors (Lipinski definition) is 2. The predicted octanol–water partition coefficient (Wildman–Crippen LogP) is 3.16. The van der Waals surface area contributed by atoms with Crippen molar-refractivity contribution in [2.75, 3.05) is 11.9 Å². The largest absolute Gasteiger partial charge is 0.390 e. The third-order valence-electron chi connectivity index (χ3n) is 2.84. The summed E-state index contributed by atoms with van der Waals surface area (Å²) >= 11 is 0. The SMILES string of the molecule is CCCN/C=C(/C#N)C(=O)Nc1ccccc1C(C)C. The van der Waals surface area contributed by atoms with Crippen LogP contribution in [0.4, 0.5) is 5.69 Å². The maximum Gasteiger partial charge on any atom is 0.267 e. The summed E-state index contributed by atoms with van der Waals surface area (Å²) < 4.78 is 0. The average Bonchev–Trinajstić information content (AvgIpc) is 2.44. The zero-order valence-electron chi connectivity index (χ0n) is 12.2. The fourth-order valence-electron chi connectivity index (χ4n) is 1.77. The molecule has 1 aromatic rings. The minimum absolute atomic E-state index is 0.0806. The molecule has 0 aromatic heterocycles. The minimum atomic E-state index is -0.385. The van der Waals surface area contributed by atoms with Crippen LogP contribution in [0.3, 0.4) is 0 Å². The smallest absolute Gasteiger partial charge is 0.267 e.